The van der Waals surface area contributed by atoms with Gasteiger partial charge in [0.2, 0.25) is 0 Å². The molecule has 0 aromatic rings. The normalized spacial score (nSPS) is 50.2. The summed E-state index contributed by atoms with van der Waals surface area (Å²) in [7, 11) is 3.49. The highest BCUT2D eigenvalue weighted by atomic mass is 16.7. The number of aliphatic hydroxyl groups excluding tert-OH is 2. The zero-order valence-electron chi connectivity index (χ0n) is 20.0. The van der Waals surface area contributed by atoms with E-state index in [1.165, 1.54) is 0 Å². The molecule has 0 spiro atoms. The van der Waals surface area contributed by atoms with E-state index in [0.29, 0.717) is 12.8 Å². The van der Waals surface area contributed by atoms with Gasteiger partial charge in [-0.2, -0.15) is 0 Å². The lowest BCUT2D eigenvalue weighted by atomic mass is 9.84. The second-order valence-corrected chi connectivity index (χ2v) is 9.91. The van der Waals surface area contributed by atoms with E-state index in [-0.39, 0.29) is 24.8 Å². The first-order valence-electron chi connectivity index (χ1n) is 11.8. The molecule has 6 unspecified atom stereocenters. The maximum atomic E-state index is 11.1. The number of hydrogen-bond donors (Lipinski definition) is 8. The van der Waals surface area contributed by atoms with Crippen LogP contribution < -0.4 is 27.8 Å². The predicted octanol–water partition coefficient (Wildman–Crippen LogP) is -3.33. The van der Waals surface area contributed by atoms with Crippen LogP contribution in [0.5, 0.6) is 0 Å². The molecule has 2 heterocycles. The molecule has 12 nitrogen and oxygen atoms in total. The predicted molar refractivity (Wildman–Crippen MR) is 120 cm³/mol. The van der Waals surface area contributed by atoms with E-state index in [0.717, 1.165) is 6.42 Å². The fourth-order valence-corrected chi connectivity index (χ4v) is 5.04. The number of hydrogen-bond acceptors (Lipinski definition) is 12. The van der Waals surface area contributed by atoms with Crippen molar-refractivity contribution in [3.8, 4) is 0 Å². The molecule has 1 saturated carbocycles. The van der Waals surface area contributed by atoms with Crippen LogP contribution >= 0.6 is 0 Å². The molecule has 13 atom stereocenters. The third-order valence-electron chi connectivity index (χ3n) is 7.24. The largest absolute Gasteiger partial charge is 0.388 e. The summed E-state index contributed by atoms with van der Waals surface area (Å²) < 4.78 is 23.7. The minimum absolute atomic E-state index is 0.0620. The molecule has 12 heteroatoms. The summed E-state index contributed by atoms with van der Waals surface area (Å²) in [5.74, 6) is 0. The van der Waals surface area contributed by atoms with Crippen molar-refractivity contribution in [3.05, 3.63) is 0 Å². The van der Waals surface area contributed by atoms with Gasteiger partial charge >= 0.3 is 0 Å². The molecule has 11 N–H and O–H groups in total. The molecule has 3 aliphatic rings. The maximum absolute atomic E-state index is 11.1. The maximum Gasteiger partial charge on any atom is 0.185 e. The van der Waals surface area contributed by atoms with Crippen molar-refractivity contribution in [2.75, 3.05) is 20.7 Å². The van der Waals surface area contributed by atoms with Crippen LogP contribution in [0.25, 0.3) is 0 Å². The molecular weight excluding hydrogens is 434 g/mol. The Morgan fingerprint density at radius 2 is 1.58 bits per heavy atom. The van der Waals surface area contributed by atoms with Crippen molar-refractivity contribution in [3.63, 3.8) is 0 Å². The fourth-order valence-electron chi connectivity index (χ4n) is 5.04. The highest BCUT2D eigenvalue weighted by Gasteiger charge is 2.50. The van der Waals surface area contributed by atoms with Crippen LogP contribution in [0.3, 0.4) is 0 Å². The van der Waals surface area contributed by atoms with Crippen molar-refractivity contribution >= 4 is 0 Å². The Hall–Kier alpha value is -0.480. The summed E-state index contributed by atoms with van der Waals surface area (Å²) >= 11 is 0. The molecule has 1 aliphatic carbocycles. The Kier molecular flexibility index (Phi) is 9.09. The quantitative estimate of drug-likeness (QED) is 0.182. The summed E-state index contributed by atoms with van der Waals surface area (Å²) in [6, 6.07) is -2.11. The van der Waals surface area contributed by atoms with Crippen LogP contribution in [-0.2, 0) is 18.9 Å². The van der Waals surface area contributed by atoms with Crippen molar-refractivity contribution in [2.24, 2.45) is 17.2 Å². The van der Waals surface area contributed by atoms with Crippen molar-refractivity contribution < 1.29 is 34.3 Å². The standard InChI is InChI=1S/C21H43N5O7/c1-9(25-3)13-6-5-10(22)19(31-13)32-16-11(23)7-12(24)17(14(16)27)33-20-15(28)18(26-4)21(2,29)8-30-20/h9-20,25-29H,5-8,22-24H2,1-4H3/t9?,10?,11?,12-,13?,14+,15-,16-,17?,18?,19-,20-,21+/m1/s1. The van der Waals surface area contributed by atoms with Gasteiger partial charge in [0.15, 0.2) is 12.6 Å². The second-order valence-electron chi connectivity index (χ2n) is 9.91. The van der Waals surface area contributed by atoms with E-state index in [1.54, 1.807) is 14.0 Å². The Morgan fingerprint density at radius 1 is 0.970 bits per heavy atom. The number of likely N-dealkylation sites (N-methyl/N-ethyl adjacent to an activating group) is 2. The lowest BCUT2D eigenvalue weighted by molar-refractivity contribution is -0.307. The van der Waals surface area contributed by atoms with Gasteiger partial charge in [-0.15, -0.1) is 0 Å². The molecule has 194 valence electrons. The Balaban J connectivity index is 1.68. The van der Waals surface area contributed by atoms with E-state index in [9.17, 15) is 15.3 Å². The molecule has 0 aromatic carbocycles. The first-order valence-corrected chi connectivity index (χ1v) is 11.8. The third-order valence-corrected chi connectivity index (χ3v) is 7.24. The van der Waals surface area contributed by atoms with Crippen molar-refractivity contribution in [2.45, 2.75) is 112 Å². The summed E-state index contributed by atoms with van der Waals surface area (Å²) in [4.78, 5) is 0. The summed E-state index contributed by atoms with van der Waals surface area (Å²) in [6.45, 7) is 3.52. The SMILES string of the molecule is CNC(C)C1CCC(N)[C@@H](O[C@@H]2C(N)C[C@@H](N)C(O[C@H]3OC[C@](C)(O)C(NC)[C@H]3O)[C@H]2O)O1. The molecule has 0 radical (unpaired) electrons. The van der Waals surface area contributed by atoms with Gasteiger partial charge in [0.25, 0.3) is 0 Å². The molecule has 2 aliphatic heterocycles. The molecule has 33 heavy (non-hydrogen) atoms. The average molecular weight is 478 g/mol. The fraction of sp³-hybridized carbons (Fsp3) is 1.00. The van der Waals surface area contributed by atoms with Gasteiger partial charge in [-0.3, -0.25) is 0 Å². The van der Waals surface area contributed by atoms with E-state index >= 15 is 0 Å². The van der Waals surface area contributed by atoms with E-state index in [2.05, 4.69) is 10.6 Å². The highest BCUT2D eigenvalue weighted by Crippen LogP contribution is 2.31. The zero-order chi connectivity index (χ0) is 24.5. The van der Waals surface area contributed by atoms with Crippen LogP contribution in [-0.4, -0.2) is 115 Å². The van der Waals surface area contributed by atoms with Gasteiger partial charge in [-0.1, -0.05) is 0 Å². The Morgan fingerprint density at radius 3 is 2.15 bits per heavy atom. The molecular formula is C21H43N5O7. The number of nitrogens with one attached hydrogen (secondary N) is 2. The van der Waals surface area contributed by atoms with Gasteiger partial charge in [0, 0.05) is 18.1 Å². The Bertz CT molecular complexity index is 632. The first kappa shape index (κ1) is 27.1. The molecule has 3 rings (SSSR count). The minimum atomic E-state index is -1.29. The lowest BCUT2D eigenvalue weighted by Gasteiger charge is -2.48. The van der Waals surface area contributed by atoms with Crippen LogP contribution in [0.2, 0.25) is 0 Å². The third kappa shape index (κ3) is 5.85. The van der Waals surface area contributed by atoms with Gasteiger partial charge in [-0.05, 0) is 47.2 Å². The number of ether oxygens (including phenoxy) is 4. The smallest absolute Gasteiger partial charge is 0.185 e. The lowest BCUT2D eigenvalue weighted by Crippen LogP contribution is -2.68. The Labute approximate surface area is 195 Å². The number of rotatable bonds is 7. The molecule has 0 aromatic heterocycles. The topological polar surface area (TPSA) is 200 Å². The minimum Gasteiger partial charge on any atom is -0.388 e. The number of nitrogens with two attached hydrogens (primary N) is 3. The van der Waals surface area contributed by atoms with Gasteiger partial charge < -0.3 is 62.1 Å². The monoisotopic (exact) mass is 477 g/mol. The summed E-state index contributed by atoms with van der Waals surface area (Å²) in [5.41, 5.74) is 17.5. The second kappa shape index (κ2) is 11.1. The van der Waals surface area contributed by atoms with Gasteiger partial charge in [-0.25, -0.2) is 0 Å². The van der Waals surface area contributed by atoms with E-state index in [4.69, 9.17) is 36.1 Å². The van der Waals surface area contributed by atoms with Crippen LogP contribution in [0, 0.1) is 0 Å². The van der Waals surface area contributed by atoms with Gasteiger partial charge in [0.05, 0.1) is 24.8 Å². The van der Waals surface area contributed by atoms with E-state index < -0.39 is 60.7 Å². The molecule has 0 bridgehead atoms. The van der Waals surface area contributed by atoms with Crippen molar-refractivity contribution in [1.82, 2.24) is 10.6 Å². The van der Waals surface area contributed by atoms with E-state index in [1.807, 2.05) is 14.0 Å². The summed E-state index contributed by atoms with van der Waals surface area (Å²) in [6.07, 6.45) is -4.22. The van der Waals surface area contributed by atoms with Crippen LogP contribution in [0.4, 0.5) is 0 Å². The van der Waals surface area contributed by atoms with Crippen LogP contribution in [0.15, 0.2) is 0 Å². The zero-order valence-corrected chi connectivity index (χ0v) is 20.0. The van der Waals surface area contributed by atoms with Crippen LogP contribution in [0.1, 0.15) is 33.1 Å². The molecule has 2 saturated heterocycles. The number of aliphatic hydroxyl groups is 3. The van der Waals surface area contributed by atoms with Crippen molar-refractivity contribution in [1.29, 1.82) is 0 Å². The molecule has 3 fully saturated rings. The van der Waals surface area contributed by atoms with Gasteiger partial charge in [0.1, 0.15) is 30.0 Å². The average Bonchev–Trinajstić information content (AvgIpc) is 2.76. The first-order chi connectivity index (χ1) is 15.5. The molecule has 0 amide bonds. The summed E-state index contributed by atoms with van der Waals surface area (Å²) in [5, 5.41) is 38.3. The highest BCUT2D eigenvalue weighted by molar-refractivity contribution is 5.02.